The molecule has 0 spiro atoms. The largest absolute Gasteiger partial charge is 0.491 e. The molecule has 0 saturated heterocycles. The second kappa shape index (κ2) is 5.05. The predicted molar refractivity (Wildman–Crippen MR) is 69.8 cm³/mol. The molecule has 0 radical (unpaired) electrons. The Morgan fingerprint density at radius 2 is 2.15 bits per heavy atom. The van der Waals surface area contributed by atoms with Crippen LogP contribution < -0.4 is 4.74 Å². The summed E-state index contributed by atoms with van der Waals surface area (Å²) in [6.07, 6.45) is 0.00859. The third-order valence-corrected chi connectivity index (χ3v) is 3.34. The lowest BCUT2D eigenvalue weighted by molar-refractivity contribution is 0.140. The third kappa shape index (κ3) is 2.42. The van der Waals surface area contributed by atoms with E-state index in [1.54, 1.807) is 24.3 Å². The lowest BCUT2D eigenvalue weighted by atomic mass is 10.1. The van der Waals surface area contributed by atoms with E-state index in [-0.39, 0.29) is 12.4 Å². The van der Waals surface area contributed by atoms with E-state index in [1.807, 2.05) is 0 Å². The van der Waals surface area contributed by atoms with Gasteiger partial charge in [0.2, 0.25) is 0 Å². The lowest BCUT2D eigenvalue weighted by Gasteiger charge is -2.24. The first-order valence-corrected chi connectivity index (χ1v) is 6.40. The predicted octanol–water partition coefficient (Wildman–Crippen LogP) is 2.59. The minimum absolute atomic E-state index is 0.106. The minimum Gasteiger partial charge on any atom is -0.491 e. The van der Waals surface area contributed by atoms with E-state index >= 15 is 0 Å². The topological polar surface area (TPSA) is 75.8 Å². The summed E-state index contributed by atoms with van der Waals surface area (Å²) in [5, 5.41) is 13.5. The van der Waals surface area contributed by atoms with Crippen LogP contribution in [0, 0.1) is 0 Å². The Morgan fingerprint density at radius 3 is 2.90 bits per heavy atom. The smallest absolute Gasteiger partial charge is 0.415 e. The number of hydrogen-bond donors (Lipinski definition) is 1. The molecule has 1 aliphatic rings. The highest BCUT2D eigenvalue weighted by molar-refractivity contribution is 6.30. The van der Waals surface area contributed by atoms with Gasteiger partial charge in [-0.3, -0.25) is 4.90 Å². The van der Waals surface area contributed by atoms with Crippen LogP contribution in [0.2, 0.25) is 5.02 Å². The molecule has 0 saturated carbocycles. The second-order valence-corrected chi connectivity index (χ2v) is 4.84. The Kier molecular flexibility index (Phi) is 3.23. The molecular formula is C13H11ClN2O4. The maximum atomic E-state index is 12.0. The van der Waals surface area contributed by atoms with Crippen LogP contribution in [-0.2, 0) is 13.0 Å². The molecule has 0 fully saturated rings. The van der Waals surface area contributed by atoms with E-state index < -0.39 is 6.09 Å². The van der Waals surface area contributed by atoms with Crippen LogP contribution in [0.15, 0.2) is 28.8 Å². The van der Waals surface area contributed by atoms with Gasteiger partial charge in [0, 0.05) is 11.6 Å². The fourth-order valence-corrected chi connectivity index (χ4v) is 2.16. The summed E-state index contributed by atoms with van der Waals surface area (Å²) in [5.74, 6) is 0.804. The van der Waals surface area contributed by atoms with Gasteiger partial charge in [-0.15, -0.1) is 0 Å². The normalized spacial score (nSPS) is 13.9. The van der Waals surface area contributed by atoms with Gasteiger partial charge in [0.1, 0.15) is 5.75 Å². The van der Waals surface area contributed by atoms with Crippen molar-refractivity contribution in [2.45, 2.75) is 13.0 Å². The van der Waals surface area contributed by atoms with E-state index in [9.17, 15) is 9.90 Å². The number of aromatic nitrogens is 1. The first kappa shape index (κ1) is 12.8. The van der Waals surface area contributed by atoms with Crippen LogP contribution in [0.4, 0.5) is 4.79 Å². The van der Waals surface area contributed by atoms with E-state index in [2.05, 4.69) is 5.16 Å². The molecule has 1 aromatic carbocycles. The first-order chi connectivity index (χ1) is 9.63. The summed E-state index contributed by atoms with van der Waals surface area (Å²) in [5.41, 5.74) is 0.653. The zero-order valence-electron chi connectivity index (χ0n) is 10.4. The Hall–Kier alpha value is -2.21. The highest BCUT2D eigenvalue weighted by Gasteiger charge is 2.27. The van der Waals surface area contributed by atoms with Crippen LogP contribution in [0.3, 0.4) is 0 Å². The van der Waals surface area contributed by atoms with Gasteiger partial charge in [-0.25, -0.2) is 4.79 Å². The van der Waals surface area contributed by atoms with Crippen molar-refractivity contribution in [3.63, 3.8) is 0 Å². The number of halogens is 1. The molecule has 7 heteroatoms. The number of carbonyl (C=O) groups is 1. The average Bonchev–Trinajstić information content (AvgIpc) is 2.82. The highest BCUT2D eigenvalue weighted by atomic mass is 35.5. The quantitative estimate of drug-likeness (QED) is 0.875. The van der Waals surface area contributed by atoms with Gasteiger partial charge in [0.25, 0.3) is 5.88 Å². The summed E-state index contributed by atoms with van der Waals surface area (Å²) in [7, 11) is 0. The van der Waals surface area contributed by atoms with E-state index in [0.29, 0.717) is 35.1 Å². The molecule has 104 valence electrons. The minimum atomic E-state index is -0.478. The summed E-state index contributed by atoms with van der Waals surface area (Å²) >= 11 is 5.76. The Labute approximate surface area is 119 Å². The van der Waals surface area contributed by atoms with E-state index in [1.165, 1.54) is 4.90 Å². The molecule has 20 heavy (non-hydrogen) atoms. The number of nitrogens with zero attached hydrogens (tertiary/aromatic N) is 2. The van der Waals surface area contributed by atoms with Crippen molar-refractivity contribution in [1.29, 1.82) is 0 Å². The summed E-state index contributed by atoms with van der Waals surface area (Å²) in [6.45, 7) is 0.670. The first-order valence-electron chi connectivity index (χ1n) is 6.02. The maximum absolute atomic E-state index is 12.0. The van der Waals surface area contributed by atoms with Crippen molar-refractivity contribution in [2.24, 2.45) is 0 Å². The van der Waals surface area contributed by atoms with Crippen LogP contribution >= 0.6 is 11.6 Å². The lowest BCUT2D eigenvalue weighted by Crippen LogP contribution is -2.37. The molecule has 0 atom stereocenters. The molecule has 1 aromatic heterocycles. The molecule has 1 N–H and O–H groups in total. The molecule has 1 aliphatic heterocycles. The number of ether oxygens (including phenoxy) is 1. The molecule has 0 bridgehead atoms. The third-order valence-electron chi connectivity index (χ3n) is 3.09. The number of rotatable bonds is 1. The second-order valence-electron chi connectivity index (χ2n) is 4.40. The molecular weight excluding hydrogens is 284 g/mol. The number of fused-ring (bicyclic) bond motifs is 1. The fourth-order valence-electron chi connectivity index (χ4n) is 2.03. The van der Waals surface area contributed by atoms with Crippen LogP contribution in [0.5, 0.6) is 11.6 Å². The number of aromatic hydroxyl groups is 1. The molecule has 6 nitrogen and oxygen atoms in total. The van der Waals surface area contributed by atoms with Crippen LogP contribution in [0.25, 0.3) is 0 Å². The standard InChI is InChI=1S/C13H11ClN2O4/c14-8-1-3-9(4-2-8)19-13(18)16-6-5-10-11(7-16)20-15-12(10)17/h1-4H,5-7H2,(H,15,17). The SMILES string of the molecule is O=C(Oc1ccc(Cl)cc1)N1CCc2c(O)noc2C1. The van der Waals surface area contributed by atoms with Crippen molar-refractivity contribution < 1.29 is 19.2 Å². The molecule has 3 rings (SSSR count). The summed E-state index contributed by atoms with van der Waals surface area (Å²) in [4.78, 5) is 13.5. The van der Waals surface area contributed by atoms with Gasteiger partial charge in [-0.2, -0.15) is 0 Å². The van der Waals surface area contributed by atoms with Crippen LogP contribution in [-0.4, -0.2) is 27.8 Å². The Morgan fingerprint density at radius 1 is 1.40 bits per heavy atom. The number of hydrogen-bond acceptors (Lipinski definition) is 5. The van der Waals surface area contributed by atoms with Crippen molar-refractivity contribution in [3.8, 4) is 11.6 Å². The van der Waals surface area contributed by atoms with Crippen molar-refractivity contribution >= 4 is 17.7 Å². The van der Waals surface area contributed by atoms with Gasteiger partial charge < -0.3 is 14.4 Å². The van der Waals surface area contributed by atoms with E-state index in [0.717, 1.165) is 0 Å². The van der Waals surface area contributed by atoms with Gasteiger partial charge in [-0.1, -0.05) is 11.6 Å². The molecule has 0 unspecified atom stereocenters. The van der Waals surface area contributed by atoms with Gasteiger partial charge in [0.15, 0.2) is 5.76 Å². The van der Waals surface area contributed by atoms with E-state index in [4.69, 9.17) is 20.9 Å². The van der Waals surface area contributed by atoms with Gasteiger partial charge in [0.05, 0.1) is 12.1 Å². The molecule has 0 aliphatic carbocycles. The summed E-state index contributed by atoms with van der Waals surface area (Å²) < 4.78 is 10.2. The van der Waals surface area contributed by atoms with Crippen molar-refractivity contribution in [3.05, 3.63) is 40.6 Å². The molecule has 2 aromatic rings. The number of amides is 1. The molecule has 1 amide bonds. The zero-order chi connectivity index (χ0) is 14.1. The Bertz CT molecular complexity index is 638. The van der Waals surface area contributed by atoms with Gasteiger partial charge in [-0.05, 0) is 35.8 Å². The fraction of sp³-hybridized carbons (Fsp3) is 0.231. The van der Waals surface area contributed by atoms with Gasteiger partial charge >= 0.3 is 6.09 Å². The van der Waals surface area contributed by atoms with Crippen molar-refractivity contribution in [2.75, 3.05) is 6.54 Å². The average molecular weight is 295 g/mol. The number of benzene rings is 1. The Balaban J connectivity index is 1.68. The van der Waals surface area contributed by atoms with Crippen molar-refractivity contribution in [1.82, 2.24) is 10.1 Å². The molecule has 2 heterocycles. The van der Waals surface area contributed by atoms with Crippen LogP contribution in [0.1, 0.15) is 11.3 Å². The highest BCUT2D eigenvalue weighted by Crippen LogP contribution is 2.26. The monoisotopic (exact) mass is 294 g/mol. The number of carbonyl (C=O) groups excluding carboxylic acids is 1. The summed E-state index contributed by atoms with van der Waals surface area (Å²) in [6, 6.07) is 6.53. The zero-order valence-corrected chi connectivity index (χ0v) is 11.1. The maximum Gasteiger partial charge on any atom is 0.415 e.